The molecule has 0 spiro atoms. The molecule has 0 saturated carbocycles. The van der Waals surface area contributed by atoms with Crippen LogP contribution in [0, 0.1) is 0 Å². The standard InChI is InChI=1S/C19H22N4O2/c1-2-7-18(24)23-13-6-10-16(23)19(25)20-17-12-11-15(21-22-17)14-8-4-3-5-9-14/h3-5,8-9,11-12,16H,2,6-7,10,13H2,1H3,(H,20,22,25)/t16-/m0/s1. The number of carbonyl (C=O) groups excluding carboxylic acids is 2. The summed E-state index contributed by atoms with van der Waals surface area (Å²) in [7, 11) is 0. The van der Waals surface area contributed by atoms with Crippen molar-refractivity contribution >= 4 is 17.6 Å². The predicted octanol–water partition coefficient (Wildman–Crippen LogP) is 2.87. The Morgan fingerprint density at radius 3 is 2.64 bits per heavy atom. The summed E-state index contributed by atoms with van der Waals surface area (Å²) in [4.78, 5) is 26.3. The highest BCUT2D eigenvalue weighted by Crippen LogP contribution is 2.21. The van der Waals surface area contributed by atoms with Crippen LogP contribution >= 0.6 is 0 Å². The Kier molecular flexibility index (Phi) is 5.38. The van der Waals surface area contributed by atoms with Crippen molar-refractivity contribution in [1.29, 1.82) is 0 Å². The second-order valence-electron chi connectivity index (χ2n) is 6.15. The van der Waals surface area contributed by atoms with Gasteiger partial charge < -0.3 is 10.2 Å². The molecule has 130 valence electrons. The smallest absolute Gasteiger partial charge is 0.248 e. The maximum Gasteiger partial charge on any atom is 0.248 e. The van der Waals surface area contributed by atoms with Gasteiger partial charge in [0, 0.05) is 18.5 Å². The molecule has 25 heavy (non-hydrogen) atoms. The van der Waals surface area contributed by atoms with E-state index >= 15 is 0 Å². The summed E-state index contributed by atoms with van der Waals surface area (Å²) in [6.45, 7) is 2.61. The van der Waals surface area contributed by atoms with Gasteiger partial charge in [-0.15, -0.1) is 10.2 Å². The van der Waals surface area contributed by atoms with Gasteiger partial charge in [-0.1, -0.05) is 37.3 Å². The number of likely N-dealkylation sites (tertiary alicyclic amines) is 1. The normalized spacial score (nSPS) is 16.7. The van der Waals surface area contributed by atoms with Gasteiger partial charge in [0.05, 0.1) is 5.69 Å². The lowest BCUT2D eigenvalue weighted by Gasteiger charge is -2.23. The van der Waals surface area contributed by atoms with Crippen LogP contribution in [-0.2, 0) is 9.59 Å². The van der Waals surface area contributed by atoms with Crippen LogP contribution in [0.2, 0.25) is 0 Å². The van der Waals surface area contributed by atoms with E-state index in [1.807, 2.05) is 43.3 Å². The first kappa shape index (κ1) is 17.1. The van der Waals surface area contributed by atoms with Crippen LogP contribution in [0.15, 0.2) is 42.5 Å². The van der Waals surface area contributed by atoms with Crippen LogP contribution in [0.4, 0.5) is 5.82 Å². The minimum atomic E-state index is -0.408. The number of benzene rings is 1. The number of nitrogens with one attached hydrogen (secondary N) is 1. The molecule has 1 fully saturated rings. The van der Waals surface area contributed by atoms with Gasteiger partial charge in [0.15, 0.2) is 5.82 Å². The van der Waals surface area contributed by atoms with Gasteiger partial charge in [0.25, 0.3) is 0 Å². The van der Waals surface area contributed by atoms with Gasteiger partial charge in [-0.05, 0) is 31.4 Å². The average molecular weight is 338 g/mol. The van der Waals surface area contributed by atoms with E-state index in [1.54, 1.807) is 11.0 Å². The maximum absolute atomic E-state index is 12.5. The Hall–Kier alpha value is -2.76. The number of aromatic nitrogens is 2. The lowest BCUT2D eigenvalue weighted by Crippen LogP contribution is -2.43. The van der Waals surface area contributed by atoms with Gasteiger partial charge in [-0.3, -0.25) is 9.59 Å². The SMILES string of the molecule is CCCC(=O)N1CCC[C@H]1C(=O)Nc1ccc(-c2ccccc2)nn1. The number of anilines is 1. The number of carbonyl (C=O) groups is 2. The monoisotopic (exact) mass is 338 g/mol. The zero-order chi connectivity index (χ0) is 17.6. The van der Waals surface area contributed by atoms with Crippen molar-refractivity contribution in [3.8, 4) is 11.3 Å². The summed E-state index contributed by atoms with van der Waals surface area (Å²) in [6, 6.07) is 12.9. The molecule has 2 heterocycles. The van der Waals surface area contributed by atoms with Gasteiger partial charge in [-0.25, -0.2) is 0 Å². The molecule has 0 bridgehead atoms. The molecule has 2 aromatic rings. The number of amides is 2. The first-order chi connectivity index (χ1) is 12.2. The summed E-state index contributed by atoms with van der Waals surface area (Å²) in [5, 5.41) is 11.0. The first-order valence-corrected chi connectivity index (χ1v) is 8.68. The van der Waals surface area contributed by atoms with Crippen molar-refractivity contribution in [1.82, 2.24) is 15.1 Å². The van der Waals surface area contributed by atoms with Gasteiger partial charge >= 0.3 is 0 Å². The molecule has 1 aromatic carbocycles. The molecule has 0 radical (unpaired) electrons. The van der Waals surface area contributed by atoms with Crippen molar-refractivity contribution in [2.75, 3.05) is 11.9 Å². The second kappa shape index (κ2) is 7.88. The molecule has 6 nitrogen and oxygen atoms in total. The summed E-state index contributed by atoms with van der Waals surface area (Å²) in [5.74, 6) is 0.258. The van der Waals surface area contributed by atoms with Crippen molar-refractivity contribution in [3.63, 3.8) is 0 Å². The Morgan fingerprint density at radius 2 is 1.96 bits per heavy atom. The van der Waals surface area contributed by atoms with E-state index in [2.05, 4.69) is 15.5 Å². The lowest BCUT2D eigenvalue weighted by atomic mass is 10.1. The van der Waals surface area contributed by atoms with E-state index in [-0.39, 0.29) is 11.8 Å². The number of hydrogen-bond donors (Lipinski definition) is 1. The van der Waals surface area contributed by atoms with Crippen LogP contribution < -0.4 is 5.32 Å². The summed E-state index contributed by atoms with van der Waals surface area (Å²) >= 11 is 0. The number of rotatable bonds is 5. The minimum absolute atomic E-state index is 0.0469. The molecule has 1 N–H and O–H groups in total. The minimum Gasteiger partial charge on any atom is -0.331 e. The molecule has 1 aliphatic heterocycles. The van der Waals surface area contributed by atoms with Gasteiger partial charge in [-0.2, -0.15) is 0 Å². The number of hydrogen-bond acceptors (Lipinski definition) is 4. The van der Waals surface area contributed by atoms with E-state index in [0.29, 0.717) is 25.2 Å². The highest BCUT2D eigenvalue weighted by molar-refractivity contribution is 5.96. The molecule has 2 amide bonds. The van der Waals surface area contributed by atoms with Crippen LogP contribution in [-0.4, -0.2) is 39.5 Å². The van der Waals surface area contributed by atoms with E-state index in [4.69, 9.17) is 0 Å². The topological polar surface area (TPSA) is 75.2 Å². The van der Waals surface area contributed by atoms with Crippen LogP contribution in [0.3, 0.4) is 0 Å². The molecular formula is C19H22N4O2. The fraction of sp³-hybridized carbons (Fsp3) is 0.368. The largest absolute Gasteiger partial charge is 0.331 e. The van der Waals surface area contributed by atoms with E-state index in [1.165, 1.54) is 0 Å². The predicted molar refractivity (Wildman–Crippen MR) is 95.7 cm³/mol. The van der Waals surface area contributed by atoms with Crippen molar-refractivity contribution < 1.29 is 9.59 Å². The summed E-state index contributed by atoms with van der Waals surface area (Å²) in [5.41, 5.74) is 1.72. The Morgan fingerprint density at radius 1 is 1.16 bits per heavy atom. The third-order valence-corrected chi connectivity index (χ3v) is 4.33. The fourth-order valence-corrected chi connectivity index (χ4v) is 3.07. The zero-order valence-corrected chi connectivity index (χ0v) is 14.3. The van der Waals surface area contributed by atoms with Crippen molar-refractivity contribution in [2.24, 2.45) is 0 Å². The third-order valence-electron chi connectivity index (χ3n) is 4.33. The Balaban J connectivity index is 1.65. The molecule has 1 atom stereocenters. The first-order valence-electron chi connectivity index (χ1n) is 8.68. The summed E-state index contributed by atoms with van der Waals surface area (Å²) < 4.78 is 0. The molecule has 1 aromatic heterocycles. The second-order valence-corrected chi connectivity index (χ2v) is 6.15. The molecule has 0 aliphatic carbocycles. The average Bonchev–Trinajstić information content (AvgIpc) is 3.13. The summed E-state index contributed by atoms with van der Waals surface area (Å²) in [6.07, 6.45) is 2.81. The Bertz CT molecular complexity index is 731. The highest BCUT2D eigenvalue weighted by atomic mass is 16.2. The zero-order valence-electron chi connectivity index (χ0n) is 14.3. The molecular weight excluding hydrogens is 316 g/mol. The fourth-order valence-electron chi connectivity index (χ4n) is 3.07. The molecule has 0 unspecified atom stereocenters. The van der Waals surface area contributed by atoms with Crippen LogP contribution in [0.5, 0.6) is 0 Å². The molecule has 6 heteroatoms. The highest BCUT2D eigenvalue weighted by Gasteiger charge is 2.33. The van der Waals surface area contributed by atoms with Gasteiger partial charge in [0.1, 0.15) is 6.04 Å². The molecule has 3 rings (SSSR count). The van der Waals surface area contributed by atoms with E-state index < -0.39 is 6.04 Å². The van der Waals surface area contributed by atoms with Crippen LogP contribution in [0.1, 0.15) is 32.6 Å². The third kappa shape index (κ3) is 4.02. The maximum atomic E-state index is 12.5. The molecule has 1 aliphatic rings. The van der Waals surface area contributed by atoms with Crippen molar-refractivity contribution in [3.05, 3.63) is 42.5 Å². The quantitative estimate of drug-likeness (QED) is 0.909. The Labute approximate surface area is 147 Å². The van der Waals surface area contributed by atoms with Crippen molar-refractivity contribution in [2.45, 2.75) is 38.6 Å². The number of nitrogens with zero attached hydrogens (tertiary/aromatic N) is 3. The van der Waals surface area contributed by atoms with E-state index in [0.717, 1.165) is 24.1 Å². The lowest BCUT2D eigenvalue weighted by molar-refractivity contribution is -0.136. The molecule has 1 saturated heterocycles. The van der Waals surface area contributed by atoms with E-state index in [9.17, 15) is 9.59 Å². The van der Waals surface area contributed by atoms with Crippen LogP contribution in [0.25, 0.3) is 11.3 Å². The van der Waals surface area contributed by atoms with Gasteiger partial charge in [0.2, 0.25) is 11.8 Å².